The van der Waals surface area contributed by atoms with Gasteiger partial charge in [0.05, 0.1) is 18.1 Å². The summed E-state index contributed by atoms with van der Waals surface area (Å²) in [6.07, 6.45) is -9.04. The first-order chi connectivity index (χ1) is 17.6. The van der Waals surface area contributed by atoms with E-state index in [0.29, 0.717) is 6.20 Å². The van der Waals surface area contributed by atoms with Gasteiger partial charge >= 0.3 is 6.18 Å². The molecule has 0 radical (unpaired) electrons. The molecule has 2 fully saturated rings. The van der Waals surface area contributed by atoms with Crippen LogP contribution in [0.15, 0.2) is 35.6 Å². The Kier molecular flexibility index (Phi) is 7.53. The van der Waals surface area contributed by atoms with Crippen LogP contribution < -0.4 is 10.1 Å². The molecule has 0 bridgehead atoms. The van der Waals surface area contributed by atoms with Gasteiger partial charge < -0.3 is 15.2 Å². The van der Waals surface area contributed by atoms with Crippen LogP contribution >= 0.6 is 0 Å². The molecule has 0 aromatic carbocycles. The molecule has 2 N–H and O–H groups in total. The first-order valence-electron chi connectivity index (χ1n) is 11.6. The molecule has 4 rings (SSSR count). The van der Waals surface area contributed by atoms with E-state index in [1.807, 2.05) is 0 Å². The fraction of sp³-hybridized carbons (Fsp3) is 0.591. The Morgan fingerprint density at radius 3 is 2.58 bits per heavy atom. The van der Waals surface area contributed by atoms with Crippen LogP contribution in [0.25, 0.3) is 0 Å². The van der Waals surface area contributed by atoms with E-state index < -0.39 is 89.2 Å². The number of aliphatic hydroxyl groups is 1. The second kappa shape index (κ2) is 10.1. The highest BCUT2D eigenvalue weighted by molar-refractivity contribution is 7.89. The van der Waals surface area contributed by atoms with Crippen molar-refractivity contribution in [3.8, 4) is 5.88 Å². The lowest BCUT2D eigenvalue weighted by Gasteiger charge is -2.40. The van der Waals surface area contributed by atoms with Gasteiger partial charge in [0.1, 0.15) is 17.8 Å². The van der Waals surface area contributed by atoms with E-state index >= 15 is 0 Å². The average molecular weight is 570 g/mol. The average Bonchev–Trinajstić information content (AvgIpc) is 2.83. The molecule has 2 aromatic rings. The van der Waals surface area contributed by atoms with Crippen molar-refractivity contribution in [1.29, 1.82) is 0 Å². The molecule has 0 spiro atoms. The van der Waals surface area contributed by atoms with Crippen LogP contribution in [0.1, 0.15) is 38.2 Å². The smallest absolute Gasteiger partial charge is 0.423 e. The van der Waals surface area contributed by atoms with Gasteiger partial charge in [0.25, 0.3) is 15.9 Å². The van der Waals surface area contributed by atoms with Crippen LogP contribution in [-0.4, -0.2) is 75.7 Å². The molecule has 1 saturated carbocycles. The molecule has 1 saturated heterocycles. The minimum atomic E-state index is -5.01. The lowest BCUT2D eigenvalue weighted by Crippen LogP contribution is -2.51. The van der Waals surface area contributed by atoms with Gasteiger partial charge in [-0.15, -0.1) is 0 Å². The number of ether oxygens (including phenoxy) is 1. The van der Waals surface area contributed by atoms with Gasteiger partial charge in [-0.3, -0.25) is 0 Å². The maximum atomic E-state index is 15.0. The Labute approximate surface area is 214 Å². The molecule has 4 atom stereocenters. The lowest BCUT2D eigenvalue weighted by molar-refractivity contribution is -0.161. The van der Waals surface area contributed by atoms with E-state index in [4.69, 9.17) is 4.74 Å². The van der Waals surface area contributed by atoms with Crippen molar-refractivity contribution in [2.75, 3.05) is 18.4 Å². The monoisotopic (exact) mass is 569 g/mol. The van der Waals surface area contributed by atoms with Gasteiger partial charge in [-0.1, -0.05) is 6.07 Å². The highest BCUT2D eigenvalue weighted by Crippen LogP contribution is 2.42. The number of nitrogens with one attached hydrogen (secondary N) is 1. The highest BCUT2D eigenvalue weighted by Gasteiger charge is 2.49. The summed E-state index contributed by atoms with van der Waals surface area (Å²) in [5, 5.41) is 12.7. The van der Waals surface area contributed by atoms with Crippen molar-refractivity contribution in [2.24, 2.45) is 0 Å². The zero-order valence-electron chi connectivity index (χ0n) is 20.0. The van der Waals surface area contributed by atoms with Crippen molar-refractivity contribution < 1.29 is 44.6 Å². The predicted octanol–water partition coefficient (Wildman–Crippen LogP) is 3.42. The molecule has 0 unspecified atom stereocenters. The number of halogens is 6. The summed E-state index contributed by atoms with van der Waals surface area (Å²) in [4.78, 5) is 11.0. The number of rotatable bonds is 6. The SMILES string of the molecule is C[C@@]1(O)CCC(F)(F)C[C@@H]1Oc1nc(N[C@H]2CCN(S(=O)(=O)c3ccccn3)C[C@@H]2F)ncc1C(F)(F)F. The van der Waals surface area contributed by atoms with Crippen LogP contribution in [0, 0.1) is 0 Å². The molecule has 1 aliphatic carbocycles. The first kappa shape index (κ1) is 28.3. The van der Waals surface area contributed by atoms with Gasteiger partial charge in [0.2, 0.25) is 11.8 Å². The molecule has 1 aliphatic heterocycles. The van der Waals surface area contributed by atoms with Crippen molar-refractivity contribution in [3.63, 3.8) is 0 Å². The number of pyridine rings is 1. The first-order valence-corrected chi connectivity index (χ1v) is 13.1. The topological polar surface area (TPSA) is 118 Å². The highest BCUT2D eigenvalue weighted by atomic mass is 32.2. The van der Waals surface area contributed by atoms with Crippen LogP contribution in [0.3, 0.4) is 0 Å². The van der Waals surface area contributed by atoms with Crippen LogP contribution in [0.4, 0.5) is 32.3 Å². The summed E-state index contributed by atoms with van der Waals surface area (Å²) in [6, 6.07) is 3.19. The number of anilines is 1. The van der Waals surface area contributed by atoms with Gasteiger partial charge in [0.15, 0.2) is 5.03 Å². The molecule has 0 amide bonds. The molecule has 16 heteroatoms. The molecular formula is C22H25F6N5O4S. The Morgan fingerprint density at radius 1 is 1.21 bits per heavy atom. The van der Waals surface area contributed by atoms with Crippen LogP contribution in [-0.2, 0) is 16.2 Å². The van der Waals surface area contributed by atoms with Crippen LogP contribution in [0.2, 0.25) is 0 Å². The van der Waals surface area contributed by atoms with Crippen molar-refractivity contribution >= 4 is 16.0 Å². The fourth-order valence-corrected chi connectivity index (χ4v) is 5.66. The number of sulfonamides is 1. The summed E-state index contributed by atoms with van der Waals surface area (Å²) in [7, 11) is -4.06. The normalized spacial score (nSPS) is 28.6. The van der Waals surface area contributed by atoms with Crippen molar-refractivity contribution in [1.82, 2.24) is 19.3 Å². The van der Waals surface area contributed by atoms with E-state index in [-0.39, 0.29) is 18.0 Å². The number of nitrogens with zero attached hydrogens (tertiary/aromatic N) is 4. The van der Waals surface area contributed by atoms with Crippen LogP contribution in [0.5, 0.6) is 5.88 Å². The maximum Gasteiger partial charge on any atom is 0.423 e. The fourth-order valence-electron chi connectivity index (χ4n) is 4.27. The molecule has 2 aromatic heterocycles. The van der Waals surface area contributed by atoms with Gasteiger partial charge in [-0.05, 0) is 31.9 Å². The van der Waals surface area contributed by atoms with Crippen molar-refractivity contribution in [2.45, 2.75) is 73.7 Å². The summed E-state index contributed by atoms with van der Waals surface area (Å²) in [6.45, 7) is 0.503. The van der Waals surface area contributed by atoms with Gasteiger partial charge in [0, 0.05) is 31.9 Å². The maximum absolute atomic E-state index is 15.0. The zero-order valence-corrected chi connectivity index (χ0v) is 20.8. The molecule has 210 valence electrons. The summed E-state index contributed by atoms with van der Waals surface area (Å²) < 4.78 is 115. The van der Waals surface area contributed by atoms with Gasteiger partial charge in [-0.2, -0.15) is 22.5 Å². The lowest BCUT2D eigenvalue weighted by atomic mass is 9.81. The third-order valence-corrected chi connectivity index (χ3v) is 8.33. The third-order valence-electron chi connectivity index (χ3n) is 6.55. The van der Waals surface area contributed by atoms with Crippen molar-refractivity contribution in [3.05, 3.63) is 36.2 Å². The van der Waals surface area contributed by atoms with Gasteiger partial charge in [-0.25, -0.2) is 31.6 Å². The number of alkyl halides is 6. The summed E-state index contributed by atoms with van der Waals surface area (Å²) >= 11 is 0. The van der Waals surface area contributed by atoms with E-state index in [2.05, 4.69) is 20.3 Å². The van der Waals surface area contributed by atoms with E-state index in [1.165, 1.54) is 31.3 Å². The Bertz CT molecular complexity index is 1250. The number of hydrogen-bond acceptors (Lipinski definition) is 8. The third kappa shape index (κ3) is 6.12. The minimum absolute atomic E-state index is 0.0860. The molecule has 3 heterocycles. The molecule has 2 aliphatic rings. The number of piperidine rings is 1. The predicted molar refractivity (Wildman–Crippen MR) is 121 cm³/mol. The Balaban J connectivity index is 1.52. The standard InChI is InChI=1S/C22H25F6N5O4S/c1-20(34)6-7-21(24,25)10-16(20)37-18-13(22(26,27)28)11-30-19(32-18)31-15-5-9-33(12-14(15)23)38(35,36)17-4-2-3-8-29-17/h2-4,8,11,14-16,34H,5-7,9-10,12H2,1H3,(H,30,31,32)/t14-,15-,16-,20+/m0/s1. The number of hydrogen-bond donors (Lipinski definition) is 2. The van der Waals surface area contributed by atoms with E-state index in [1.54, 1.807) is 0 Å². The molecule has 9 nitrogen and oxygen atoms in total. The van der Waals surface area contributed by atoms with E-state index in [9.17, 15) is 39.9 Å². The molecular weight excluding hydrogens is 544 g/mol. The summed E-state index contributed by atoms with van der Waals surface area (Å²) in [5.41, 5.74) is -3.31. The summed E-state index contributed by atoms with van der Waals surface area (Å²) in [5.74, 6) is -4.84. The zero-order chi connectivity index (χ0) is 27.9. The molecule has 38 heavy (non-hydrogen) atoms. The number of aromatic nitrogens is 3. The minimum Gasteiger partial charge on any atom is -0.471 e. The second-order valence-electron chi connectivity index (χ2n) is 9.52. The van der Waals surface area contributed by atoms with E-state index in [0.717, 1.165) is 4.31 Å². The Hall–Kier alpha value is -2.72. The quantitative estimate of drug-likeness (QED) is 0.509. The largest absolute Gasteiger partial charge is 0.471 e. The Morgan fingerprint density at radius 2 is 1.95 bits per heavy atom. The second-order valence-corrected chi connectivity index (χ2v) is 11.4.